The molecule has 0 spiro atoms. The monoisotopic (exact) mass is 359 g/mol. The Bertz CT molecular complexity index is 870. The van der Waals surface area contributed by atoms with Gasteiger partial charge in [-0.1, -0.05) is 41.9 Å². The van der Waals surface area contributed by atoms with Crippen molar-refractivity contribution in [3.8, 4) is 5.75 Å². The number of benzene rings is 3. The second-order valence-electron chi connectivity index (χ2n) is 5.51. The average Bonchev–Trinajstić information content (AvgIpc) is 2.62. The number of anilines is 1. The van der Waals surface area contributed by atoms with E-state index >= 15 is 0 Å². The summed E-state index contributed by atoms with van der Waals surface area (Å²) < 4.78 is 32.3. The highest BCUT2D eigenvalue weighted by molar-refractivity contribution is 6.31. The first-order valence-corrected chi connectivity index (χ1v) is 8.14. The van der Waals surface area contributed by atoms with Gasteiger partial charge >= 0.3 is 0 Å². The molecular weight excluding hydrogens is 344 g/mol. The molecule has 0 aromatic heterocycles. The van der Waals surface area contributed by atoms with E-state index in [1.807, 2.05) is 30.3 Å². The number of hydrogen-bond acceptors (Lipinski definition) is 2. The average molecular weight is 360 g/mol. The first-order chi connectivity index (χ1) is 12.1. The molecule has 0 fully saturated rings. The van der Waals surface area contributed by atoms with Crippen molar-refractivity contribution in [3.05, 3.63) is 94.5 Å². The van der Waals surface area contributed by atoms with Crippen LogP contribution in [0, 0.1) is 11.6 Å². The predicted molar refractivity (Wildman–Crippen MR) is 95.9 cm³/mol. The lowest BCUT2D eigenvalue weighted by Crippen LogP contribution is -2.04. The summed E-state index contributed by atoms with van der Waals surface area (Å²) in [7, 11) is 0. The van der Waals surface area contributed by atoms with E-state index in [-0.39, 0.29) is 17.4 Å². The maximum atomic E-state index is 13.2. The number of halogens is 3. The highest BCUT2D eigenvalue weighted by Gasteiger charge is 2.05. The van der Waals surface area contributed by atoms with Gasteiger partial charge in [0, 0.05) is 17.8 Å². The van der Waals surface area contributed by atoms with E-state index in [1.165, 1.54) is 24.3 Å². The predicted octanol–water partition coefficient (Wildman–Crippen LogP) is 5.81. The lowest BCUT2D eigenvalue weighted by Gasteiger charge is -2.13. The summed E-state index contributed by atoms with van der Waals surface area (Å²) in [5, 5.41) is 3.26. The van der Waals surface area contributed by atoms with Crippen molar-refractivity contribution in [2.24, 2.45) is 0 Å². The van der Waals surface area contributed by atoms with Crippen LogP contribution in [0.2, 0.25) is 5.02 Å². The fourth-order valence-corrected chi connectivity index (χ4v) is 2.56. The first-order valence-electron chi connectivity index (χ1n) is 7.76. The molecule has 0 saturated heterocycles. The first kappa shape index (κ1) is 17.2. The Balaban J connectivity index is 1.67. The van der Waals surface area contributed by atoms with Crippen LogP contribution in [0.4, 0.5) is 14.5 Å². The normalized spacial score (nSPS) is 10.5. The van der Waals surface area contributed by atoms with E-state index in [9.17, 15) is 8.78 Å². The molecule has 0 saturated carbocycles. The Hall–Kier alpha value is -2.59. The van der Waals surface area contributed by atoms with Crippen molar-refractivity contribution < 1.29 is 13.5 Å². The molecule has 1 N–H and O–H groups in total. The summed E-state index contributed by atoms with van der Waals surface area (Å²) in [6.45, 7) is 0.762. The summed E-state index contributed by atoms with van der Waals surface area (Å²) in [4.78, 5) is 0. The van der Waals surface area contributed by atoms with E-state index < -0.39 is 5.82 Å². The number of hydrogen-bond donors (Lipinski definition) is 1. The highest BCUT2D eigenvalue weighted by Crippen LogP contribution is 2.23. The van der Waals surface area contributed by atoms with Crippen LogP contribution >= 0.6 is 11.6 Å². The number of rotatable bonds is 6. The minimum atomic E-state index is -0.453. The number of para-hydroxylation sites is 1. The second kappa shape index (κ2) is 7.99. The van der Waals surface area contributed by atoms with Gasteiger partial charge in [-0.3, -0.25) is 0 Å². The zero-order valence-corrected chi connectivity index (χ0v) is 14.1. The summed E-state index contributed by atoms with van der Waals surface area (Å²) in [6.07, 6.45) is 0. The maximum Gasteiger partial charge on any atom is 0.141 e. The fraction of sp³-hybridized carbons (Fsp3) is 0.100. The molecule has 5 heteroatoms. The van der Waals surface area contributed by atoms with E-state index in [1.54, 1.807) is 12.1 Å². The smallest absolute Gasteiger partial charge is 0.141 e. The van der Waals surface area contributed by atoms with Gasteiger partial charge in [-0.15, -0.1) is 0 Å². The number of ether oxygens (including phenoxy) is 1. The molecule has 0 radical (unpaired) electrons. The minimum absolute atomic E-state index is 0.0700. The quantitative estimate of drug-likeness (QED) is 0.599. The third-order valence-electron chi connectivity index (χ3n) is 3.66. The van der Waals surface area contributed by atoms with E-state index in [2.05, 4.69) is 5.32 Å². The molecule has 2 nitrogen and oxygen atoms in total. The van der Waals surface area contributed by atoms with E-state index in [0.717, 1.165) is 11.1 Å². The Morgan fingerprint density at radius 1 is 0.920 bits per heavy atom. The molecule has 0 aliphatic carbocycles. The molecule has 3 aromatic carbocycles. The van der Waals surface area contributed by atoms with Gasteiger partial charge in [0.05, 0.1) is 5.02 Å². The Morgan fingerprint density at radius 2 is 1.76 bits per heavy atom. The number of nitrogens with one attached hydrogen (secondary N) is 1. The van der Waals surface area contributed by atoms with Crippen molar-refractivity contribution >= 4 is 17.3 Å². The second-order valence-corrected chi connectivity index (χ2v) is 5.92. The van der Waals surface area contributed by atoms with Gasteiger partial charge < -0.3 is 10.1 Å². The zero-order chi connectivity index (χ0) is 17.6. The van der Waals surface area contributed by atoms with Gasteiger partial charge in [0.2, 0.25) is 0 Å². The third kappa shape index (κ3) is 4.70. The van der Waals surface area contributed by atoms with E-state index in [0.29, 0.717) is 18.0 Å². The standard InChI is InChI=1S/C20H16ClF2NO/c21-18-11-17(8-9-19(18)23)24-12-15-5-1-2-7-20(15)25-13-14-4-3-6-16(22)10-14/h1-11,24H,12-13H2. The van der Waals surface area contributed by atoms with Gasteiger partial charge in [-0.25, -0.2) is 8.78 Å². The van der Waals surface area contributed by atoms with Crippen molar-refractivity contribution in [1.82, 2.24) is 0 Å². The van der Waals surface area contributed by atoms with Crippen LogP contribution in [0.1, 0.15) is 11.1 Å². The Labute approximate surface area is 150 Å². The lowest BCUT2D eigenvalue weighted by atomic mass is 10.2. The largest absolute Gasteiger partial charge is 0.489 e. The summed E-state index contributed by atoms with van der Waals surface area (Å²) in [6, 6.07) is 18.3. The van der Waals surface area contributed by atoms with Gasteiger partial charge in [0.15, 0.2) is 0 Å². The molecule has 0 heterocycles. The summed E-state index contributed by atoms with van der Waals surface area (Å²) in [5.41, 5.74) is 2.40. The van der Waals surface area contributed by atoms with Crippen molar-refractivity contribution in [2.45, 2.75) is 13.2 Å². The van der Waals surface area contributed by atoms with Crippen LogP contribution in [0.3, 0.4) is 0 Å². The fourth-order valence-electron chi connectivity index (χ4n) is 2.38. The van der Waals surface area contributed by atoms with Crippen molar-refractivity contribution in [3.63, 3.8) is 0 Å². The Morgan fingerprint density at radius 3 is 2.56 bits per heavy atom. The highest BCUT2D eigenvalue weighted by atomic mass is 35.5. The van der Waals surface area contributed by atoms with Crippen LogP contribution in [0.15, 0.2) is 66.7 Å². The van der Waals surface area contributed by atoms with Crippen molar-refractivity contribution in [1.29, 1.82) is 0 Å². The molecule has 0 aliphatic heterocycles. The molecule has 25 heavy (non-hydrogen) atoms. The zero-order valence-electron chi connectivity index (χ0n) is 13.3. The van der Waals surface area contributed by atoms with Gasteiger partial charge in [0.1, 0.15) is 24.0 Å². The van der Waals surface area contributed by atoms with Crippen LogP contribution in [-0.2, 0) is 13.2 Å². The molecule has 0 unspecified atom stereocenters. The lowest BCUT2D eigenvalue weighted by molar-refractivity contribution is 0.302. The van der Waals surface area contributed by atoms with Gasteiger partial charge in [-0.05, 0) is 42.0 Å². The SMILES string of the molecule is Fc1cccc(COc2ccccc2CNc2ccc(F)c(Cl)c2)c1. The minimum Gasteiger partial charge on any atom is -0.489 e. The maximum absolute atomic E-state index is 13.2. The summed E-state index contributed by atoms with van der Waals surface area (Å²) >= 11 is 5.79. The van der Waals surface area contributed by atoms with E-state index in [4.69, 9.17) is 16.3 Å². The molecule has 3 rings (SSSR count). The third-order valence-corrected chi connectivity index (χ3v) is 3.95. The van der Waals surface area contributed by atoms with Crippen LogP contribution in [0.5, 0.6) is 5.75 Å². The molecule has 0 bridgehead atoms. The topological polar surface area (TPSA) is 21.3 Å². The van der Waals surface area contributed by atoms with Crippen molar-refractivity contribution in [2.75, 3.05) is 5.32 Å². The van der Waals surface area contributed by atoms with Crippen LogP contribution in [-0.4, -0.2) is 0 Å². The van der Waals surface area contributed by atoms with Gasteiger partial charge in [-0.2, -0.15) is 0 Å². The Kier molecular flexibility index (Phi) is 5.51. The molecule has 0 aliphatic rings. The molecule has 0 atom stereocenters. The molecule has 3 aromatic rings. The molecule has 128 valence electrons. The summed E-state index contributed by atoms with van der Waals surface area (Å²) in [5.74, 6) is -0.0391. The van der Waals surface area contributed by atoms with Crippen LogP contribution < -0.4 is 10.1 Å². The van der Waals surface area contributed by atoms with Gasteiger partial charge in [0.25, 0.3) is 0 Å². The molecular formula is C20H16ClF2NO. The molecule has 0 amide bonds. The van der Waals surface area contributed by atoms with Crippen LogP contribution in [0.25, 0.3) is 0 Å².